The Morgan fingerprint density at radius 2 is 1.63 bits per heavy atom. The molecular formula is C23H18N4O10S. The number of imide groups is 1. The molecule has 2 fully saturated rings. The van der Waals surface area contributed by atoms with Gasteiger partial charge in [-0.15, -0.1) is 21.9 Å². The van der Waals surface area contributed by atoms with Gasteiger partial charge >= 0.3 is 5.97 Å². The fourth-order valence-electron chi connectivity index (χ4n) is 4.80. The van der Waals surface area contributed by atoms with Crippen LogP contribution in [0.1, 0.15) is 33.2 Å². The second-order valence-electron chi connectivity index (χ2n) is 8.97. The van der Waals surface area contributed by atoms with Crippen LogP contribution in [0.2, 0.25) is 0 Å². The molecule has 2 aromatic carbocycles. The summed E-state index contributed by atoms with van der Waals surface area (Å²) in [4.78, 5) is 80.2. The summed E-state index contributed by atoms with van der Waals surface area (Å²) in [6.45, 7) is 0.639. The molecule has 0 saturated carbocycles. The van der Waals surface area contributed by atoms with Crippen LogP contribution in [0, 0.1) is 20.2 Å². The second-order valence-corrected chi connectivity index (χ2v) is 10.6. The van der Waals surface area contributed by atoms with E-state index < -0.39 is 62.5 Å². The minimum atomic E-state index is -1.35. The number of thioether (sulfide) groups is 1. The highest BCUT2D eigenvalue weighted by Crippen LogP contribution is 2.53. The number of carbonyl (C=O) groups is 4. The lowest BCUT2D eigenvalue weighted by Gasteiger charge is -2.46. The third-order valence-corrected chi connectivity index (χ3v) is 8.22. The van der Waals surface area contributed by atoms with Crippen molar-refractivity contribution in [3.63, 3.8) is 0 Å². The van der Waals surface area contributed by atoms with Gasteiger partial charge in [-0.1, -0.05) is 12.1 Å². The van der Waals surface area contributed by atoms with E-state index in [1.165, 1.54) is 43.3 Å². The lowest BCUT2D eigenvalue weighted by molar-refractivity contribution is -0.758. The SMILES string of the molecule is C[C@@]1(CO[N+](=O)[O-])S[C@H]2C(N3C(=O)c4ccccc4C3=O)C(=O)N2C1C(=O)OCc1ccc([N+](=O)[O-])cc1. The highest BCUT2D eigenvalue weighted by Gasteiger charge is 2.69. The molecule has 2 unspecified atom stereocenters. The summed E-state index contributed by atoms with van der Waals surface area (Å²) < 4.78 is 4.03. The summed E-state index contributed by atoms with van der Waals surface area (Å²) in [5.41, 5.74) is 0.605. The smallest absolute Gasteiger partial charge is 0.330 e. The van der Waals surface area contributed by atoms with Crippen LogP contribution in [-0.2, 0) is 25.8 Å². The fraction of sp³-hybridized carbons (Fsp3) is 0.304. The molecule has 3 aliphatic rings. The summed E-state index contributed by atoms with van der Waals surface area (Å²) in [7, 11) is 0. The molecule has 5 rings (SSSR count). The van der Waals surface area contributed by atoms with Crippen molar-refractivity contribution in [2.45, 2.75) is 35.7 Å². The molecule has 0 aliphatic carbocycles. The number of esters is 1. The van der Waals surface area contributed by atoms with Gasteiger partial charge in [-0.2, -0.15) is 0 Å². The zero-order chi connectivity index (χ0) is 27.4. The maximum Gasteiger partial charge on any atom is 0.330 e. The highest BCUT2D eigenvalue weighted by molar-refractivity contribution is 8.01. The topological polar surface area (TPSA) is 179 Å². The number of benzene rings is 2. The van der Waals surface area contributed by atoms with Crippen LogP contribution in [-0.4, -0.2) is 72.3 Å². The predicted octanol–water partition coefficient (Wildman–Crippen LogP) is 1.55. The van der Waals surface area contributed by atoms with Gasteiger partial charge in [-0.3, -0.25) is 29.4 Å². The number of β-lactam (4-membered cyclic amide) rings is 1. The number of amides is 3. The number of fused-ring (bicyclic) bond motifs is 2. The van der Waals surface area contributed by atoms with Crippen molar-refractivity contribution in [3.8, 4) is 0 Å². The van der Waals surface area contributed by atoms with Crippen LogP contribution < -0.4 is 0 Å². The maximum atomic E-state index is 13.3. The molecule has 4 atom stereocenters. The van der Waals surface area contributed by atoms with Crippen molar-refractivity contribution in [3.05, 3.63) is 85.4 Å². The fourth-order valence-corrected chi connectivity index (χ4v) is 6.52. The number of non-ortho nitro benzene ring substituents is 1. The minimum absolute atomic E-state index is 0.148. The van der Waals surface area contributed by atoms with Crippen molar-refractivity contribution in [2.24, 2.45) is 0 Å². The monoisotopic (exact) mass is 542 g/mol. The molecule has 196 valence electrons. The summed E-state index contributed by atoms with van der Waals surface area (Å²) in [6.07, 6.45) is 0. The molecule has 15 heteroatoms. The molecule has 0 bridgehead atoms. The van der Waals surface area contributed by atoms with Crippen LogP contribution in [0.25, 0.3) is 0 Å². The van der Waals surface area contributed by atoms with E-state index in [1.807, 2.05) is 0 Å². The predicted molar refractivity (Wildman–Crippen MR) is 127 cm³/mol. The van der Waals surface area contributed by atoms with Crippen LogP contribution in [0.5, 0.6) is 0 Å². The summed E-state index contributed by atoms with van der Waals surface area (Å²) in [5, 5.41) is 19.9. The van der Waals surface area contributed by atoms with E-state index in [-0.39, 0.29) is 23.4 Å². The average Bonchev–Trinajstić information content (AvgIpc) is 3.31. The molecule has 14 nitrogen and oxygen atoms in total. The number of carbonyl (C=O) groups excluding carboxylic acids is 4. The third-order valence-electron chi connectivity index (χ3n) is 6.61. The van der Waals surface area contributed by atoms with Crippen LogP contribution >= 0.6 is 11.8 Å². The summed E-state index contributed by atoms with van der Waals surface area (Å²) in [6, 6.07) is 8.89. The Morgan fingerprint density at radius 1 is 1.03 bits per heavy atom. The number of hydrogen-bond donors (Lipinski definition) is 0. The largest absolute Gasteiger partial charge is 0.459 e. The molecule has 3 heterocycles. The molecule has 0 spiro atoms. The molecule has 0 radical (unpaired) electrons. The van der Waals surface area contributed by atoms with Crippen molar-refractivity contribution in [2.75, 3.05) is 6.61 Å². The van der Waals surface area contributed by atoms with Crippen molar-refractivity contribution >= 4 is 41.1 Å². The molecule has 0 aromatic heterocycles. The van der Waals surface area contributed by atoms with Crippen LogP contribution in [0.3, 0.4) is 0 Å². The Balaban J connectivity index is 1.38. The Labute approximate surface area is 217 Å². The van der Waals surface area contributed by atoms with Crippen molar-refractivity contribution in [1.29, 1.82) is 0 Å². The molecule has 3 aliphatic heterocycles. The number of nitro benzene ring substituents is 1. The number of nitro groups is 1. The van der Waals surface area contributed by atoms with E-state index in [1.54, 1.807) is 12.1 Å². The number of hydrogen-bond acceptors (Lipinski definition) is 11. The molecule has 2 saturated heterocycles. The summed E-state index contributed by atoms with van der Waals surface area (Å²) >= 11 is 1.00. The zero-order valence-electron chi connectivity index (χ0n) is 19.5. The molecule has 2 aromatic rings. The minimum Gasteiger partial charge on any atom is -0.459 e. The number of nitrogens with zero attached hydrogens (tertiary/aromatic N) is 4. The maximum absolute atomic E-state index is 13.3. The van der Waals surface area contributed by atoms with Crippen LogP contribution in [0.4, 0.5) is 5.69 Å². The van der Waals surface area contributed by atoms with Gasteiger partial charge in [0.05, 0.1) is 20.8 Å². The van der Waals surface area contributed by atoms with Crippen LogP contribution in [0.15, 0.2) is 48.5 Å². The van der Waals surface area contributed by atoms with E-state index in [0.29, 0.717) is 5.56 Å². The number of ether oxygens (including phenoxy) is 1. The van der Waals surface area contributed by atoms with E-state index in [0.717, 1.165) is 21.6 Å². The van der Waals surface area contributed by atoms with E-state index in [2.05, 4.69) is 4.84 Å². The number of rotatable bonds is 8. The third kappa shape index (κ3) is 3.91. The Bertz CT molecular complexity index is 1360. The normalized spacial score (nSPS) is 25.5. The Morgan fingerprint density at radius 3 is 2.18 bits per heavy atom. The van der Waals surface area contributed by atoms with Gasteiger partial charge in [0.25, 0.3) is 28.5 Å². The van der Waals surface area contributed by atoms with E-state index in [4.69, 9.17) is 4.74 Å². The zero-order valence-corrected chi connectivity index (χ0v) is 20.4. The Hall–Kier alpha value is -4.53. The Kier molecular flexibility index (Phi) is 6.01. The van der Waals surface area contributed by atoms with E-state index >= 15 is 0 Å². The lowest BCUT2D eigenvalue weighted by Crippen LogP contribution is -2.71. The highest BCUT2D eigenvalue weighted by atomic mass is 32.2. The lowest BCUT2D eigenvalue weighted by atomic mass is 9.94. The first kappa shape index (κ1) is 25.1. The average molecular weight is 542 g/mol. The molecule has 38 heavy (non-hydrogen) atoms. The van der Waals surface area contributed by atoms with Gasteiger partial charge in [0, 0.05) is 12.1 Å². The molecule has 3 amide bonds. The second kappa shape index (κ2) is 9.09. The van der Waals surface area contributed by atoms with E-state index in [9.17, 15) is 39.4 Å². The first-order valence-corrected chi connectivity index (χ1v) is 12.1. The summed E-state index contributed by atoms with van der Waals surface area (Å²) in [5.74, 6) is -2.85. The van der Waals surface area contributed by atoms with Crippen molar-refractivity contribution in [1.82, 2.24) is 9.80 Å². The van der Waals surface area contributed by atoms with Gasteiger partial charge in [-0.25, -0.2) is 4.79 Å². The van der Waals surface area contributed by atoms with Gasteiger partial charge < -0.3 is 14.5 Å². The first-order chi connectivity index (χ1) is 18.0. The van der Waals surface area contributed by atoms with Gasteiger partial charge in [-0.05, 0) is 36.8 Å². The van der Waals surface area contributed by atoms with Crippen molar-refractivity contribution < 1.29 is 38.8 Å². The first-order valence-electron chi connectivity index (χ1n) is 11.2. The standard InChI is InChI=1S/C23H18N4O10S/c1-23(11-37-27(34)35)17(22(31)36-10-12-6-8-13(9-7-12)26(32)33)25-20(30)16(21(25)38-23)24-18(28)14-4-2-3-5-15(14)19(24)29/h2-9,16-17,21H,10-11H2,1H3/t16?,17?,21-,23-/m0/s1. The van der Waals surface area contributed by atoms with Gasteiger partial charge in [0.2, 0.25) is 0 Å². The van der Waals surface area contributed by atoms with Gasteiger partial charge in [0.15, 0.2) is 0 Å². The quantitative estimate of drug-likeness (QED) is 0.155. The van der Waals surface area contributed by atoms with Gasteiger partial charge in [0.1, 0.15) is 30.7 Å². The molecule has 0 N–H and O–H groups in total. The molecular weight excluding hydrogens is 524 g/mol.